The van der Waals surface area contributed by atoms with Gasteiger partial charge in [0.25, 0.3) is 0 Å². The summed E-state index contributed by atoms with van der Waals surface area (Å²) >= 11 is 0. The maximum absolute atomic E-state index is 13.3. The Hall–Kier alpha value is -2.51. The van der Waals surface area contributed by atoms with E-state index in [1.165, 1.54) is 5.57 Å². The van der Waals surface area contributed by atoms with Crippen molar-refractivity contribution in [2.24, 2.45) is 29.1 Å². The van der Waals surface area contributed by atoms with Crippen LogP contribution >= 0.6 is 0 Å². The summed E-state index contributed by atoms with van der Waals surface area (Å²) in [4.78, 5) is 30.7. The molecule has 1 fully saturated rings. The first kappa shape index (κ1) is 26.6. The van der Waals surface area contributed by atoms with Crippen LogP contribution in [0.3, 0.4) is 0 Å². The molecule has 4 rings (SSSR count). The highest BCUT2D eigenvalue weighted by Gasteiger charge is 2.47. The Kier molecular flexibility index (Phi) is 7.45. The SMILES string of the molecule is C/C1=C/C[C@H](c2ccc3oc(C)nc3c2)OC(=O)C[C@H](O)C(C)(C)C(=O)[C@H](C)[C@H](O)[C@@H](C)C2CC2C1. The van der Waals surface area contributed by atoms with Gasteiger partial charge in [-0.2, -0.15) is 0 Å². The first-order valence-corrected chi connectivity index (χ1v) is 13.0. The molecule has 1 aromatic carbocycles. The van der Waals surface area contributed by atoms with Gasteiger partial charge in [0.1, 0.15) is 17.4 Å². The fraction of sp³-hybridized carbons (Fsp3) is 0.621. The van der Waals surface area contributed by atoms with Crippen LogP contribution in [0.15, 0.2) is 34.3 Å². The number of aliphatic hydroxyl groups excluding tert-OH is 2. The number of aryl methyl sites for hydroxylation is 1. The maximum atomic E-state index is 13.3. The summed E-state index contributed by atoms with van der Waals surface area (Å²) in [5, 5.41) is 21.9. The van der Waals surface area contributed by atoms with E-state index < -0.39 is 35.6 Å². The molecule has 0 saturated heterocycles. The highest BCUT2D eigenvalue weighted by atomic mass is 16.5. The molecular weight excluding hydrogens is 458 g/mol. The number of allylic oxidation sites excluding steroid dienone is 1. The third-order valence-electron chi connectivity index (χ3n) is 8.37. The zero-order valence-corrected chi connectivity index (χ0v) is 22.2. The van der Waals surface area contributed by atoms with Crippen LogP contribution < -0.4 is 0 Å². The minimum Gasteiger partial charge on any atom is -0.457 e. The standard InChI is InChI=1S/C29H39NO6/c1-15-7-9-23(19-8-10-24-22(13-19)30-18(4)35-24)36-26(32)14-25(31)29(5,6)28(34)17(3)27(33)16(2)21-12-20(21)11-15/h7-8,10,13,16-17,20-21,23,25,27,31,33H,9,11-12,14H2,1-6H3/b15-7-/t16-,17+,20?,21?,23+,25-,27+/m0/s1. The predicted molar refractivity (Wildman–Crippen MR) is 136 cm³/mol. The second-order valence-electron chi connectivity index (χ2n) is 11.5. The highest BCUT2D eigenvalue weighted by molar-refractivity contribution is 5.88. The van der Waals surface area contributed by atoms with Gasteiger partial charge >= 0.3 is 5.97 Å². The number of aliphatic hydroxyl groups is 2. The number of carbonyl (C=O) groups is 2. The van der Waals surface area contributed by atoms with Gasteiger partial charge in [0, 0.05) is 19.3 Å². The summed E-state index contributed by atoms with van der Waals surface area (Å²) in [6.07, 6.45) is 1.66. The van der Waals surface area contributed by atoms with Crippen molar-refractivity contribution in [2.75, 3.05) is 0 Å². The Balaban J connectivity index is 1.64. The Morgan fingerprint density at radius 1 is 1.08 bits per heavy atom. The second kappa shape index (κ2) is 10.1. The molecular formula is C29H39NO6. The summed E-state index contributed by atoms with van der Waals surface area (Å²) in [5.41, 5.74) is 2.17. The minimum absolute atomic E-state index is 0.0158. The van der Waals surface area contributed by atoms with Crippen molar-refractivity contribution < 1.29 is 29.0 Å². The third-order valence-corrected chi connectivity index (χ3v) is 8.37. The van der Waals surface area contributed by atoms with E-state index in [9.17, 15) is 19.8 Å². The van der Waals surface area contributed by atoms with Crippen LogP contribution in [0.25, 0.3) is 11.1 Å². The molecule has 2 N–H and O–H groups in total. The van der Waals surface area contributed by atoms with Gasteiger partial charge in [0.05, 0.1) is 24.0 Å². The zero-order valence-electron chi connectivity index (χ0n) is 22.2. The number of hydrogen-bond donors (Lipinski definition) is 2. The lowest BCUT2D eigenvalue weighted by molar-refractivity contribution is -0.155. The van der Waals surface area contributed by atoms with Gasteiger partial charge in [0.2, 0.25) is 0 Å². The number of carbonyl (C=O) groups excluding carboxylic acids is 2. The van der Waals surface area contributed by atoms with Crippen molar-refractivity contribution in [3.05, 3.63) is 41.3 Å². The molecule has 0 spiro atoms. The van der Waals surface area contributed by atoms with Gasteiger partial charge in [-0.3, -0.25) is 9.59 Å². The number of rotatable bonds is 1. The summed E-state index contributed by atoms with van der Waals surface area (Å²) in [7, 11) is 0. The Bertz CT molecular complexity index is 1160. The molecule has 2 heterocycles. The van der Waals surface area contributed by atoms with Crippen LogP contribution in [0.4, 0.5) is 0 Å². The highest BCUT2D eigenvalue weighted by Crippen LogP contribution is 2.50. The van der Waals surface area contributed by atoms with Crippen molar-refractivity contribution >= 4 is 22.9 Å². The van der Waals surface area contributed by atoms with E-state index in [0.29, 0.717) is 35.2 Å². The van der Waals surface area contributed by atoms with Gasteiger partial charge < -0.3 is 19.4 Å². The maximum Gasteiger partial charge on any atom is 0.309 e. The van der Waals surface area contributed by atoms with Crippen LogP contribution in [0.5, 0.6) is 0 Å². The first-order valence-electron chi connectivity index (χ1n) is 13.0. The van der Waals surface area contributed by atoms with Gasteiger partial charge in [0.15, 0.2) is 11.5 Å². The van der Waals surface area contributed by atoms with Crippen molar-refractivity contribution in [3.8, 4) is 0 Å². The lowest BCUT2D eigenvalue weighted by Gasteiger charge is -2.34. The lowest BCUT2D eigenvalue weighted by Crippen LogP contribution is -2.45. The summed E-state index contributed by atoms with van der Waals surface area (Å²) in [5.74, 6) is -0.0795. The number of esters is 1. The van der Waals surface area contributed by atoms with Crippen LogP contribution in [0, 0.1) is 36.0 Å². The van der Waals surface area contributed by atoms with E-state index in [1.54, 1.807) is 27.7 Å². The lowest BCUT2D eigenvalue weighted by atomic mass is 9.72. The fourth-order valence-corrected chi connectivity index (χ4v) is 5.70. The number of nitrogens with zero attached hydrogens (tertiary/aromatic N) is 1. The Labute approximate surface area is 212 Å². The topological polar surface area (TPSA) is 110 Å². The van der Waals surface area contributed by atoms with E-state index in [4.69, 9.17) is 9.15 Å². The van der Waals surface area contributed by atoms with E-state index in [2.05, 4.69) is 18.0 Å². The van der Waals surface area contributed by atoms with Crippen molar-refractivity contribution in [3.63, 3.8) is 0 Å². The van der Waals surface area contributed by atoms with Crippen LogP contribution in [0.1, 0.15) is 77.9 Å². The van der Waals surface area contributed by atoms with E-state index in [0.717, 1.165) is 18.4 Å². The number of ketones is 1. The van der Waals surface area contributed by atoms with Gasteiger partial charge in [-0.15, -0.1) is 0 Å². The number of hydrogen-bond acceptors (Lipinski definition) is 7. The molecule has 2 unspecified atom stereocenters. The largest absolute Gasteiger partial charge is 0.457 e. The molecule has 1 saturated carbocycles. The summed E-state index contributed by atoms with van der Waals surface area (Å²) in [6, 6.07) is 5.57. The second-order valence-corrected chi connectivity index (χ2v) is 11.5. The number of fused-ring (bicyclic) bond motifs is 2. The molecule has 1 aliphatic carbocycles. The number of Topliss-reactive ketones (excluding diaryl/α,β-unsaturated/α-hetero) is 1. The van der Waals surface area contributed by atoms with E-state index >= 15 is 0 Å². The van der Waals surface area contributed by atoms with Crippen molar-refractivity contribution in [1.29, 1.82) is 0 Å². The number of cyclic esters (lactones) is 1. The zero-order chi connectivity index (χ0) is 26.4. The van der Waals surface area contributed by atoms with Crippen molar-refractivity contribution in [2.45, 2.75) is 85.5 Å². The molecule has 196 valence electrons. The van der Waals surface area contributed by atoms with E-state index in [1.807, 2.05) is 25.1 Å². The third kappa shape index (κ3) is 5.42. The average molecular weight is 498 g/mol. The normalized spacial score (nSPS) is 35.6. The molecule has 7 nitrogen and oxygen atoms in total. The number of ether oxygens (including phenoxy) is 1. The van der Waals surface area contributed by atoms with Gasteiger partial charge in [-0.05, 0) is 55.2 Å². The van der Waals surface area contributed by atoms with Crippen LogP contribution in [-0.4, -0.2) is 39.2 Å². The molecule has 7 atom stereocenters. The number of oxazole rings is 1. The minimum atomic E-state index is -1.23. The smallest absolute Gasteiger partial charge is 0.309 e. The molecule has 1 aromatic heterocycles. The van der Waals surface area contributed by atoms with Gasteiger partial charge in [-0.25, -0.2) is 4.98 Å². The summed E-state index contributed by atoms with van der Waals surface area (Å²) < 4.78 is 11.5. The van der Waals surface area contributed by atoms with Gasteiger partial charge in [-0.1, -0.05) is 45.4 Å². The Morgan fingerprint density at radius 3 is 2.53 bits per heavy atom. The molecule has 7 heteroatoms. The molecule has 0 radical (unpaired) electrons. The molecule has 0 amide bonds. The van der Waals surface area contributed by atoms with Crippen LogP contribution in [0.2, 0.25) is 0 Å². The Morgan fingerprint density at radius 2 is 1.81 bits per heavy atom. The first-order chi connectivity index (χ1) is 16.9. The quantitative estimate of drug-likeness (QED) is 0.418. The molecule has 2 aliphatic rings. The average Bonchev–Trinajstić information content (AvgIpc) is 3.48. The molecule has 1 aliphatic heterocycles. The predicted octanol–water partition coefficient (Wildman–Crippen LogP) is 5.08. The monoisotopic (exact) mass is 497 g/mol. The number of benzene rings is 1. The molecule has 0 bridgehead atoms. The summed E-state index contributed by atoms with van der Waals surface area (Å²) in [6.45, 7) is 10.9. The fourth-order valence-electron chi connectivity index (χ4n) is 5.70. The van der Waals surface area contributed by atoms with Crippen molar-refractivity contribution in [1.82, 2.24) is 4.98 Å². The van der Waals surface area contributed by atoms with Crippen LogP contribution in [-0.2, 0) is 14.3 Å². The number of aromatic nitrogens is 1. The molecule has 36 heavy (non-hydrogen) atoms. The van der Waals surface area contributed by atoms with E-state index in [-0.39, 0.29) is 18.1 Å². The molecule has 2 aromatic rings.